The number of amides is 1. The molecule has 1 heterocycles. The maximum atomic E-state index is 12.3. The van der Waals surface area contributed by atoms with Gasteiger partial charge in [-0.3, -0.25) is 4.79 Å². The number of rotatable bonds is 4. The van der Waals surface area contributed by atoms with E-state index in [1.54, 1.807) is 19.1 Å². The van der Waals surface area contributed by atoms with E-state index in [2.05, 4.69) is 0 Å². The predicted molar refractivity (Wildman–Crippen MR) is 88.3 cm³/mol. The summed E-state index contributed by atoms with van der Waals surface area (Å²) in [4.78, 5) is 25.9. The SMILES string of the molecule is CCOC(=O)c1ccc(N2C(=O)CCC2c2ccccc2)cc1. The zero-order valence-electron chi connectivity index (χ0n) is 13.1. The van der Waals surface area contributed by atoms with Gasteiger partial charge in [0.15, 0.2) is 0 Å². The van der Waals surface area contributed by atoms with E-state index in [0.717, 1.165) is 17.7 Å². The summed E-state index contributed by atoms with van der Waals surface area (Å²) in [6.45, 7) is 2.13. The number of hydrogen-bond acceptors (Lipinski definition) is 3. The Kier molecular flexibility index (Phi) is 4.42. The number of esters is 1. The summed E-state index contributed by atoms with van der Waals surface area (Å²) in [6.07, 6.45) is 1.35. The van der Waals surface area contributed by atoms with Crippen molar-refractivity contribution in [2.45, 2.75) is 25.8 Å². The Labute approximate surface area is 135 Å². The Morgan fingerprint density at radius 1 is 1.13 bits per heavy atom. The van der Waals surface area contributed by atoms with Gasteiger partial charge in [0, 0.05) is 12.1 Å². The second kappa shape index (κ2) is 6.65. The van der Waals surface area contributed by atoms with E-state index in [0.29, 0.717) is 18.6 Å². The van der Waals surface area contributed by atoms with Gasteiger partial charge in [0.2, 0.25) is 5.91 Å². The lowest BCUT2D eigenvalue weighted by molar-refractivity contribution is -0.117. The molecule has 118 valence electrons. The molecule has 0 saturated carbocycles. The van der Waals surface area contributed by atoms with Crippen molar-refractivity contribution >= 4 is 17.6 Å². The highest BCUT2D eigenvalue weighted by molar-refractivity contribution is 5.97. The van der Waals surface area contributed by atoms with Crippen LogP contribution in [0.4, 0.5) is 5.69 Å². The van der Waals surface area contributed by atoms with E-state index in [-0.39, 0.29) is 17.9 Å². The summed E-state index contributed by atoms with van der Waals surface area (Å²) in [5.74, 6) is -0.228. The second-order valence-corrected chi connectivity index (χ2v) is 5.50. The molecule has 1 fully saturated rings. The van der Waals surface area contributed by atoms with Gasteiger partial charge in [-0.25, -0.2) is 4.79 Å². The van der Waals surface area contributed by atoms with Crippen LogP contribution in [0.2, 0.25) is 0 Å². The Morgan fingerprint density at radius 2 is 1.83 bits per heavy atom. The van der Waals surface area contributed by atoms with E-state index < -0.39 is 0 Å². The number of nitrogens with zero attached hydrogens (tertiary/aromatic N) is 1. The lowest BCUT2D eigenvalue weighted by atomic mass is 10.0. The summed E-state index contributed by atoms with van der Waals surface area (Å²) in [7, 11) is 0. The normalized spacial score (nSPS) is 17.3. The maximum absolute atomic E-state index is 12.3. The van der Waals surface area contributed by atoms with Crippen LogP contribution in [0.1, 0.15) is 41.7 Å². The molecule has 23 heavy (non-hydrogen) atoms. The van der Waals surface area contributed by atoms with E-state index in [1.807, 2.05) is 47.4 Å². The predicted octanol–water partition coefficient (Wildman–Crippen LogP) is 3.73. The van der Waals surface area contributed by atoms with E-state index >= 15 is 0 Å². The van der Waals surface area contributed by atoms with Gasteiger partial charge < -0.3 is 9.64 Å². The number of ether oxygens (including phenoxy) is 1. The van der Waals surface area contributed by atoms with Crippen LogP contribution in [-0.2, 0) is 9.53 Å². The lowest BCUT2D eigenvalue weighted by Gasteiger charge is -2.25. The Morgan fingerprint density at radius 3 is 2.48 bits per heavy atom. The largest absolute Gasteiger partial charge is 0.462 e. The summed E-state index contributed by atoms with van der Waals surface area (Å²) in [6, 6.07) is 17.1. The van der Waals surface area contributed by atoms with E-state index in [4.69, 9.17) is 4.74 Å². The Balaban J connectivity index is 1.86. The molecule has 0 bridgehead atoms. The molecule has 1 aliphatic heterocycles. The molecule has 0 aromatic heterocycles. The van der Waals surface area contributed by atoms with Crippen molar-refractivity contribution in [3.05, 3.63) is 65.7 Å². The standard InChI is InChI=1S/C19H19NO3/c1-2-23-19(22)15-8-10-16(11-9-15)20-17(12-13-18(20)21)14-6-4-3-5-7-14/h3-11,17H,2,12-13H2,1H3. The van der Waals surface area contributed by atoms with Crippen molar-refractivity contribution < 1.29 is 14.3 Å². The summed E-state index contributed by atoms with van der Waals surface area (Å²) >= 11 is 0. The van der Waals surface area contributed by atoms with Gasteiger partial charge in [0.1, 0.15) is 0 Å². The minimum Gasteiger partial charge on any atom is -0.462 e. The summed E-state index contributed by atoms with van der Waals surface area (Å²) in [5.41, 5.74) is 2.45. The Bertz CT molecular complexity index is 694. The van der Waals surface area contributed by atoms with Gasteiger partial charge in [-0.15, -0.1) is 0 Å². The van der Waals surface area contributed by atoms with Gasteiger partial charge in [-0.05, 0) is 43.2 Å². The fourth-order valence-electron chi connectivity index (χ4n) is 2.97. The third kappa shape index (κ3) is 3.11. The highest BCUT2D eigenvalue weighted by Gasteiger charge is 2.33. The zero-order valence-corrected chi connectivity index (χ0v) is 13.1. The van der Waals surface area contributed by atoms with Crippen LogP contribution in [0.3, 0.4) is 0 Å². The molecule has 0 aliphatic carbocycles. The van der Waals surface area contributed by atoms with E-state index in [1.165, 1.54) is 0 Å². The van der Waals surface area contributed by atoms with Crippen LogP contribution in [0.5, 0.6) is 0 Å². The molecule has 4 heteroatoms. The van der Waals surface area contributed by atoms with Crippen LogP contribution in [0.25, 0.3) is 0 Å². The van der Waals surface area contributed by atoms with Crippen LogP contribution < -0.4 is 4.90 Å². The molecule has 1 aliphatic rings. The molecule has 0 radical (unpaired) electrons. The van der Waals surface area contributed by atoms with Crippen molar-refractivity contribution in [3.63, 3.8) is 0 Å². The molecule has 3 rings (SSSR count). The van der Waals surface area contributed by atoms with Crippen molar-refractivity contribution in [1.29, 1.82) is 0 Å². The molecule has 1 atom stereocenters. The smallest absolute Gasteiger partial charge is 0.338 e. The maximum Gasteiger partial charge on any atom is 0.338 e. The molecular formula is C19H19NO3. The molecule has 0 N–H and O–H groups in total. The van der Waals surface area contributed by atoms with Crippen molar-refractivity contribution in [2.75, 3.05) is 11.5 Å². The number of hydrogen-bond donors (Lipinski definition) is 0. The van der Waals surface area contributed by atoms with Crippen molar-refractivity contribution in [1.82, 2.24) is 0 Å². The first-order chi connectivity index (χ1) is 11.2. The topological polar surface area (TPSA) is 46.6 Å². The zero-order chi connectivity index (χ0) is 16.2. The molecule has 0 spiro atoms. The van der Waals surface area contributed by atoms with Crippen molar-refractivity contribution in [3.8, 4) is 0 Å². The van der Waals surface area contributed by atoms with Gasteiger partial charge in [0.25, 0.3) is 0 Å². The quantitative estimate of drug-likeness (QED) is 0.808. The van der Waals surface area contributed by atoms with Crippen LogP contribution in [0, 0.1) is 0 Å². The summed E-state index contributed by atoms with van der Waals surface area (Å²) < 4.78 is 4.99. The van der Waals surface area contributed by atoms with E-state index in [9.17, 15) is 9.59 Å². The monoisotopic (exact) mass is 309 g/mol. The fraction of sp³-hybridized carbons (Fsp3) is 0.263. The molecule has 1 saturated heterocycles. The highest BCUT2D eigenvalue weighted by Crippen LogP contribution is 2.36. The van der Waals surface area contributed by atoms with Gasteiger partial charge in [-0.1, -0.05) is 30.3 Å². The minimum absolute atomic E-state index is 0.0529. The molecule has 1 unspecified atom stereocenters. The second-order valence-electron chi connectivity index (χ2n) is 5.50. The minimum atomic E-state index is -0.341. The van der Waals surface area contributed by atoms with Gasteiger partial charge >= 0.3 is 5.97 Å². The average molecular weight is 309 g/mol. The van der Waals surface area contributed by atoms with Crippen LogP contribution in [0.15, 0.2) is 54.6 Å². The first-order valence-electron chi connectivity index (χ1n) is 7.85. The van der Waals surface area contributed by atoms with Gasteiger partial charge in [0.05, 0.1) is 18.2 Å². The highest BCUT2D eigenvalue weighted by atomic mass is 16.5. The third-order valence-corrected chi connectivity index (χ3v) is 4.05. The molecule has 2 aromatic rings. The summed E-state index contributed by atoms with van der Waals surface area (Å²) in [5, 5.41) is 0. The third-order valence-electron chi connectivity index (χ3n) is 4.05. The molecule has 4 nitrogen and oxygen atoms in total. The number of anilines is 1. The Hall–Kier alpha value is -2.62. The fourth-order valence-corrected chi connectivity index (χ4v) is 2.97. The molecule has 2 aromatic carbocycles. The van der Waals surface area contributed by atoms with Crippen molar-refractivity contribution in [2.24, 2.45) is 0 Å². The first-order valence-corrected chi connectivity index (χ1v) is 7.85. The average Bonchev–Trinajstić information content (AvgIpc) is 2.97. The number of benzene rings is 2. The van der Waals surface area contributed by atoms with Gasteiger partial charge in [-0.2, -0.15) is 0 Å². The molecular weight excluding hydrogens is 290 g/mol. The van der Waals surface area contributed by atoms with Crippen LogP contribution >= 0.6 is 0 Å². The lowest BCUT2D eigenvalue weighted by Crippen LogP contribution is -2.27. The molecule has 1 amide bonds. The number of carbonyl (C=O) groups excluding carboxylic acids is 2. The number of carbonyl (C=O) groups is 2. The van der Waals surface area contributed by atoms with Crippen LogP contribution in [-0.4, -0.2) is 18.5 Å². The first kappa shape index (κ1) is 15.3.